The van der Waals surface area contributed by atoms with Gasteiger partial charge in [0.1, 0.15) is 0 Å². The molecule has 0 aromatic heterocycles. The summed E-state index contributed by atoms with van der Waals surface area (Å²) in [5.41, 5.74) is 2.41. The van der Waals surface area contributed by atoms with Gasteiger partial charge in [-0.25, -0.2) is 0 Å². The number of hydrogen-bond acceptors (Lipinski definition) is 1. The Morgan fingerprint density at radius 1 is 1.26 bits per heavy atom. The molecule has 2 rings (SSSR count). The molecule has 0 heterocycles. The summed E-state index contributed by atoms with van der Waals surface area (Å²) in [6.45, 7) is 1.99. The number of halogens is 3. The summed E-state index contributed by atoms with van der Waals surface area (Å²) >= 11 is 11.6. The number of aryl methyl sites for hydroxylation is 1. The molecule has 0 atom stereocenters. The average Bonchev–Trinajstić information content (AvgIpc) is 2.37. The van der Waals surface area contributed by atoms with Crippen molar-refractivity contribution in [1.29, 1.82) is 0 Å². The van der Waals surface area contributed by atoms with Gasteiger partial charge >= 0.3 is 0 Å². The van der Waals surface area contributed by atoms with Crippen molar-refractivity contribution in [3.8, 4) is 0 Å². The Labute approximate surface area is 138 Å². The largest absolute Gasteiger partial charge is 0.322 e. The Balaban J connectivity index is 2.20. The van der Waals surface area contributed by atoms with E-state index >= 15 is 0 Å². The second-order valence-electron chi connectivity index (χ2n) is 4.05. The zero-order chi connectivity index (χ0) is 14.0. The van der Waals surface area contributed by atoms with Crippen LogP contribution in [-0.2, 0) is 0 Å². The first-order valence-corrected chi connectivity index (χ1v) is 7.75. The highest BCUT2D eigenvalue weighted by Crippen LogP contribution is 2.23. The molecule has 0 spiro atoms. The molecule has 0 aliphatic heterocycles. The quantitative estimate of drug-likeness (QED) is 0.621. The molecular weight excluding hydrogens is 440 g/mol. The minimum Gasteiger partial charge on any atom is -0.322 e. The first-order chi connectivity index (χ1) is 8.97. The van der Waals surface area contributed by atoms with Crippen molar-refractivity contribution in [1.82, 2.24) is 0 Å². The summed E-state index contributed by atoms with van der Waals surface area (Å²) < 4.78 is 1.89. The summed E-state index contributed by atoms with van der Waals surface area (Å²) in [6.07, 6.45) is 0. The van der Waals surface area contributed by atoms with Gasteiger partial charge in [-0.3, -0.25) is 4.79 Å². The lowest BCUT2D eigenvalue weighted by molar-refractivity contribution is 0.102. The lowest BCUT2D eigenvalue weighted by atomic mass is 10.2. The van der Waals surface area contributed by atoms with Gasteiger partial charge in [0.15, 0.2) is 0 Å². The molecule has 0 saturated carbocycles. The molecular formula is C14H10BrClINO. The molecule has 19 heavy (non-hydrogen) atoms. The Morgan fingerprint density at radius 3 is 2.63 bits per heavy atom. The monoisotopic (exact) mass is 449 g/mol. The molecule has 5 heteroatoms. The molecule has 0 radical (unpaired) electrons. The highest BCUT2D eigenvalue weighted by atomic mass is 127. The SMILES string of the molecule is Cc1ccc(NC(=O)c2ccc(I)c(Cl)c2)cc1Br. The van der Waals surface area contributed by atoms with E-state index in [1.54, 1.807) is 12.1 Å². The van der Waals surface area contributed by atoms with Crippen LogP contribution in [0.15, 0.2) is 40.9 Å². The first-order valence-electron chi connectivity index (χ1n) is 5.50. The maximum atomic E-state index is 12.1. The topological polar surface area (TPSA) is 29.1 Å². The van der Waals surface area contributed by atoms with Crippen molar-refractivity contribution in [2.45, 2.75) is 6.92 Å². The molecule has 0 aliphatic carbocycles. The van der Waals surface area contributed by atoms with Gasteiger partial charge < -0.3 is 5.32 Å². The van der Waals surface area contributed by atoms with Crippen LogP contribution in [-0.4, -0.2) is 5.91 Å². The van der Waals surface area contributed by atoms with E-state index in [1.807, 2.05) is 31.2 Å². The number of anilines is 1. The molecule has 0 unspecified atom stereocenters. The van der Waals surface area contributed by atoms with E-state index in [4.69, 9.17) is 11.6 Å². The maximum Gasteiger partial charge on any atom is 0.255 e. The number of rotatable bonds is 2. The maximum absolute atomic E-state index is 12.1. The highest BCUT2D eigenvalue weighted by molar-refractivity contribution is 14.1. The van der Waals surface area contributed by atoms with Crippen LogP contribution in [0, 0.1) is 10.5 Å². The number of benzene rings is 2. The fourth-order valence-electron chi connectivity index (χ4n) is 1.51. The van der Waals surface area contributed by atoms with Crippen LogP contribution < -0.4 is 5.32 Å². The molecule has 2 aromatic rings. The van der Waals surface area contributed by atoms with Crippen molar-refractivity contribution in [2.75, 3.05) is 5.32 Å². The number of carbonyl (C=O) groups is 1. The third-order valence-corrected chi connectivity index (χ3v) is 5.04. The Hall–Kier alpha value is -0.590. The molecule has 0 saturated heterocycles. The van der Waals surface area contributed by atoms with E-state index in [2.05, 4.69) is 43.8 Å². The fraction of sp³-hybridized carbons (Fsp3) is 0.0714. The van der Waals surface area contributed by atoms with Crippen molar-refractivity contribution in [3.05, 3.63) is 60.6 Å². The number of nitrogens with one attached hydrogen (secondary N) is 1. The van der Waals surface area contributed by atoms with Crippen LogP contribution in [0.4, 0.5) is 5.69 Å². The van der Waals surface area contributed by atoms with Gasteiger partial charge in [0.05, 0.1) is 5.02 Å². The zero-order valence-corrected chi connectivity index (χ0v) is 14.5. The lowest BCUT2D eigenvalue weighted by Gasteiger charge is -2.07. The van der Waals surface area contributed by atoms with Gasteiger partial charge in [0, 0.05) is 19.3 Å². The number of hydrogen-bond donors (Lipinski definition) is 1. The summed E-state index contributed by atoms with van der Waals surface area (Å²) in [5.74, 6) is -0.172. The van der Waals surface area contributed by atoms with E-state index in [0.717, 1.165) is 19.3 Å². The highest BCUT2D eigenvalue weighted by Gasteiger charge is 2.08. The van der Waals surface area contributed by atoms with Gasteiger partial charge in [0.2, 0.25) is 0 Å². The van der Waals surface area contributed by atoms with Gasteiger partial charge in [-0.05, 0) is 65.4 Å². The van der Waals surface area contributed by atoms with Gasteiger partial charge in [-0.1, -0.05) is 33.6 Å². The fourth-order valence-corrected chi connectivity index (χ4v) is 2.41. The van der Waals surface area contributed by atoms with Crippen LogP contribution in [0.1, 0.15) is 15.9 Å². The molecule has 1 amide bonds. The summed E-state index contributed by atoms with van der Waals surface area (Å²) in [7, 11) is 0. The molecule has 98 valence electrons. The number of amides is 1. The van der Waals surface area contributed by atoms with Gasteiger partial charge in [-0.15, -0.1) is 0 Å². The average molecular weight is 451 g/mol. The number of carbonyl (C=O) groups excluding carboxylic acids is 1. The third kappa shape index (κ3) is 3.70. The van der Waals surface area contributed by atoms with Crippen LogP contribution >= 0.6 is 50.1 Å². The third-order valence-electron chi connectivity index (χ3n) is 2.61. The lowest BCUT2D eigenvalue weighted by Crippen LogP contribution is -2.12. The van der Waals surface area contributed by atoms with Gasteiger partial charge in [0.25, 0.3) is 5.91 Å². The Morgan fingerprint density at radius 2 is 2.00 bits per heavy atom. The molecule has 0 aliphatic rings. The Kier molecular flexibility index (Phi) is 4.86. The Bertz CT molecular complexity index is 645. The van der Waals surface area contributed by atoms with E-state index in [-0.39, 0.29) is 5.91 Å². The molecule has 2 aromatic carbocycles. The zero-order valence-electron chi connectivity index (χ0n) is 10.0. The van der Waals surface area contributed by atoms with Crippen molar-refractivity contribution in [3.63, 3.8) is 0 Å². The van der Waals surface area contributed by atoms with Crippen molar-refractivity contribution < 1.29 is 4.79 Å². The summed E-state index contributed by atoms with van der Waals surface area (Å²) in [5, 5.41) is 3.42. The van der Waals surface area contributed by atoms with E-state index in [9.17, 15) is 4.79 Å². The molecule has 2 nitrogen and oxygen atoms in total. The van der Waals surface area contributed by atoms with Crippen LogP contribution in [0.5, 0.6) is 0 Å². The molecule has 0 bridgehead atoms. The minimum absolute atomic E-state index is 0.172. The van der Waals surface area contributed by atoms with Crippen LogP contribution in [0.25, 0.3) is 0 Å². The van der Waals surface area contributed by atoms with E-state index in [0.29, 0.717) is 10.6 Å². The van der Waals surface area contributed by atoms with Crippen molar-refractivity contribution in [2.24, 2.45) is 0 Å². The van der Waals surface area contributed by atoms with Crippen molar-refractivity contribution >= 4 is 61.7 Å². The summed E-state index contributed by atoms with van der Waals surface area (Å²) in [4.78, 5) is 12.1. The predicted molar refractivity (Wildman–Crippen MR) is 91.0 cm³/mol. The normalized spacial score (nSPS) is 10.3. The van der Waals surface area contributed by atoms with E-state index in [1.165, 1.54) is 0 Å². The standard InChI is InChI=1S/C14H10BrClINO/c1-8-2-4-10(7-11(8)15)18-14(19)9-3-5-13(17)12(16)6-9/h2-7H,1H3,(H,18,19). The van der Waals surface area contributed by atoms with Crippen LogP contribution in [0.2, 0.25) is 5.02 Å². The minimum atomic E-state index is -0.172. The van der Waals surface area contributed by atoms with E-state index < -0.39 is 0 Å². The summed E-state index contributed by atoms with van der Waals surface area (Å²) in [6, 6.07) is 10.9. The second-order valence-corrected chi connectivity index (χ2v) is 6.47. The second kappa shape index (κ2) is 6.24. The predicted octanol–water partition coefficient (Wildman–Crippen LogP) is 5.27. The van der Waals surface area contributed by atoms with Gasteiger partial charge in [-0.2, -0.15) is 0 Å². The van der Waals surface area contributed by atoms with Crippen LogP contribution in [0.3, 0.4) is 0 Å². The molecule has 0 fully saturated rings. The first kappa shape index (κ1) is 14.8. The molecule has 1 N–H and O–H groups in total. The smallest absolute Gasteiger partial charge is 0.255 e.